The molecule has 3 aromatic rings. The average Bonchev–Trinajstić information content (AvgIpc) is 3.17. The predicted octanol–water partition coefficient (Wildman–Crippen LogP) is 2.63. The van der Waals surface area contributed by atoms with Gasteiger partial charge in [0, 0.05) is 44.7 Å². The first-order valence-corrected chi connectivity index (χ1v) is 12.1. The van der Waals surface area contributed by atoms with Gasteiger partial charge in [0.2, 0.25) is 5.91 Å². The Bertz CT molecular complexity index is 1310. The molecule has 3 heterocycles. The molecule has 3 aromatic heterocycles. The quantitative estimate of drug-likeness (QED) is 0.394. The number of amides is 1. The van der Waals surface area contributed by atoms with E-state index >= 15 is 0 Å². The molecule has 184 valence electrons. The highest BCUT2D eigenvalue weighted by atomic mass is 16.2. The first-order valence-electron chi connectivity index (χ1n) is 12.1. The van der Waals surface area contributed by atoms with Gasteiger partial charge in [-0.15, -0.1) is 0 Å². The molecule has 0 fully saturated rings. The van der Waals surface area contributed by atoms with E-state index in [2.05, 4.69) is 22.2 Å². The van der Waals surface area contributed by atoms with Crippen LogP contribution in [0.1, 0.15) is 65.1 Å². The van der Waals surface area contributed by atoms with Crippen molar-refractivity contribution >= 4 is 22.8 Å². The second-order valence-corrected chi connectivity index (χ2v) is 8.41. The van der Waals surface area contributed by atoms with E-state index in [-0.39, 0.29) is 17.9 Å². The maximum atomic E-state index is 12.7. The summed E-state index contributed by atoms with van der Waals surface area (Å²) in [4.78, 5) is 56.7. The standard InChI is InChI=1S/C24H34N6O4/c1-4-7-9-15-29-18(11-12-19(31)25-17-10-13-20(32)28(6-3)16-17)26-22-21(29)23(33)27-24(34)30(22)14-8-5-2/h10,13,16H,4-9,11-12,14-15H2,1-3H3,(H,25,31)(H,27,33,34). The van der Waals surface area contributed by atoms with Crippen molar-refractivity contribution < 1.29 is 4.79 Å². The minimum Gasteiger partial charge on any atom is -0.325 e. The fraction of sp³-hybridized carbons (Fsp3) is 0.542. The Hall–Kier alpha value is -3.43. The van der Waals surface area contributed by atoms with E-state index in [0.717, 1.165) is 32.1 Å². The molecule has 0 spiro atoms. The Morgan fingerprint density at radius 1 is 1.00 bits per heavy atom. The lowest BCUT2D eigenvalue weighted by molar-refractivity contribution is -0.116. The number of nitrogens with one attached hydrogen (secondary N) is 2. The summed E-state index contributed by atoms with van der Waals surface area (Å²) in [6.45, 7) is 7.58. The SMILES string of the molecule is CCCCCn1c(CCC(=O)Nc2ccc(=O)n(CC)c2)nc2c1c(=O)[nH]c(=O)n2CCCC. The zero-order chi connectivity index (χ0) is 24.7. The number of H-pyrrole nitrogens is 1. The minimum atomic E-state index is -0.459. The van der Waals surface area contributed by atoms with Gasteiger partial charge in [-0.05, 0) is 25.8 Å². The van der Waals surface area contributed by atoms with Gasteiger partial charge in [0.05, 0.1) is 5.69 Å². The number of fused-ring (bicyclic) bond motifs is 1. The fourth-order valence-electron chi connectivity index (χ4n) is 3.99. The van der Waals surface area contributed by atoms with Gasteiger partial charge in [-0.25, -0.2) is 9.78 Å². The van der Waals surface area contributed by atoms with Crippen LogP contribution in [0.2, 0.25) is 0 Å². The highest BCUT2D eigenvalue weighted by Crippen LogP contribution is 2.16. The van der Waals surface area contributed by atoms with E-state index in [1.54, 1.807) is 12.3 Å². The van der Waals surface area contributed by atoms with Gasteiger partial charge in [0.1, 0.15) is 5.82 Å². The van der Waals surface area contributed by atoms with E-state index in [1.807, 2.05) is 18.4 Å². The molecule has 0 bridgehead atoms. The molecule has 1 amide bonds. The molecular formula is C24H34N6O4. The third-order valence-corrected chi connectivity index (χ3v) is 5.87. The first kappa shape index (κ1) is 25.2. The molecule has 34 heavy (non-hydrogen) atoms. The summed E-state index contributed by atoms with van der Waals surface area (Å²) < 4.78 is 4.90. The Labute approximate surface area is 197 Å². The number of aromatic nitrogens is 5. The Morgan fingerprint density at radius 3 is 2.44 bits per heavy atom. The highest BCUT2D eigenvalue weighted by Gasteiger charge is 2.19. The number of aryl methyl sites for hydroxylation is 4. The van der Waals surface area contributed by atoms with Gasteiger partial charge in [-0.2, -0.15) is 0 Å². The molecule has 0 aromatic carbocycles. The van der Waals surface area contributed by atoms with Crippen molar-refractivity contribution in [2.75, 3.05) is 5.32 Å². The Kier molecular flexibility index (Phi) is 8.61. The highest BCUT2D eigenvalue weighted by molar-refractivity contribution is 5.90. The first-order chi connectivity index (χ1) is 16.4. The van der Waals surface area contributed by atoms with Crippen LogP contribution in [0.3, 0.4) is 0 Å². The second kappa shape index (κ2) is 11.6. The molecule has 0 radical (unpaired) electrons. The molecule has 10 nitrogen and oxygen atoms in total. The summed E-state index contributed by atoms with van der Waals surface area (Å²) in [5.74, 6) is 0.395. The van der Waals surface area contributed by atoms with Crippen molar-refractivity contribution in [1.82, 2.24) is 23.7 Å². The molecule has 0 aliphatic rings. The number of aromatic amines is 1. The fourth-order valence-corrected chi connectivity index (χ4v) is 3.99. The third kappa shape index (κ3) is 5.73. The van der Waals surface area contributed by atoms with Crippen LogP contribution >= 0.6 is 0 Å². The van der Waals surface area contributed by atoms with Crippen molar-refractivity contribution in [2.24, 2.45) is 0 Å². The number of hydrogen-bond acceptors (Lipinski definition) is 5. The number of anilines is 1. The minimum absolute atomic E-state index is 0.124. The summed E-state index contributed by atoms with van der Waals surface area (Å²) in [6.07, 6.45) is 6.69. The molecule has 10 heteroatoms. The number of rotatable bonds is 12. The van der Waals surface area contributed by atoms with E-state index in [1.165, 1.54) is 15.2 Å². The molecular weight excluding hydrogens is 436 g/mol. The van der Waals surface area contributed by atoms with Crippen LogP contribution in [-0.2, 0) is 30.8 Å². The third-order valence-electron chi connectivity index (χ3n) is 5.87. The van der Waals surface area contributed by atoms with Gasteiger partial charge in [-0.3, -0.25) is 23.9 Å². The van der Waals surface area contributed by atoms with Crippen molar-refractivity contribution in [3.63, 3.8) is 0 Å². The van der Waals surface area contributed by atoms with E-state index < -0.39 is 11.2 Å². The largest absolute Gasteiger partial charge is 0.330 e. The van der Waals surface area contributed by atoms with Crippen molar-refractivity contribution in [3.05, 3.63) is 55.3 Å². The lowest BCUT2D eigenvalue weighted by Gasteiger charge is -2.10. The van der Waals surface area contributed by atoms with Crippen LogP contribution < -0.4 is 22.1 Å². The summed E-state index contributed by atoms with van der Waals surface area (Å²) >= 11 is 0. The topological polar surface area (TPSA) is 124 Å². The molecule has 3 rings (SSSR count). The van der Waals surface area contributed by atoms with Crippen LogP contribution in [0.25, 0.3) is 11.2 Å². The number of hydrogen-bond donors (Lipinski definition) is 2. The van der Waals surface area contributed by atoms with Crippen LogP contribution in [0, 0.1) is 0 Å². The number of carbonyl (C=O) groups excluding carboxylic acids is 1. The molecule has 0 saturated heterocycles. The normalized spacial score (nSPS) is 11.3. The molecule has 2 N–H and O–H groups in total. The van der Waals surface area contributed by atoms with Crippen molar-refractivity contribution in [2.45, 2.75) is 85.4 Å². The number of pyridine rings is 1. The van der Waals surface area contributed by atoms with Crippen molar-refractivity contribution in [3.8, 4) is 0 Å². The smallest absolute Gasteiger partial charge is 0.325 e. The van der Waals surface area contributed by atoms with E-state index in [4.69, 9.17) is 0 Å². The lowest BCUT2D eigenvalue weighted by Crippen LogP contribution is -2.31. The lowest BCUT2D eigenvalue weighted by atomic mass is 10.2. The van der Waals surface area contributed by atoms with Gasteiger partial charge in [0.15, 0.2) is 11.2 Å². The van der Waals surface area contributed by atoms with Crippen LogP contribution in [0.5, 0.6) is 0 Å². The molecule has 0 saturated carbocycles. The summed E-state index contributed by atoms with van der Waals surface area (Å²) in [6, 6.07) is 3.01. The number of imidazole rings is 1. The number of unbranched alkanes of at least 4 members (excludes halogenated alkanes) is 3. The Balaban J connectivity index is 1.89. The zero-order valence-electron chi connectivity index (χ0n) is 20.2. The van der Waals surface area contributed by atoms with E-state index in [9.17, 15) is 19.2 Å². The van der Waals surface area contributed by atoms with Gasteiger partial charge >= 0.3 is 5.69 Å². The van der Waals surface area contributed by atoms with Gasteiger partial charge in [0.25, 0.3) is 11.1 Å². The van der Waals surface area contributed by atoms with Gasteiger partial charge in [-0.1, -0.05) is 33.1 Å². The Morgan fingerprint density at radius 2 is 1.74 bits per heavy atom. The van der Waals surface area contributed by atoms with Crippen LogP contribution in [0.4, 0.5) is 5.69 Å². The maximum Gasteiger partial charge on any atom is 0.330 e. The summed E-state index contributed by atoms with van der Waals surface area (Å²) in [5, 5.41) is 2.82. The molecule has 0 aliphatic carbocycles. The monoisotopic (exact) mass is 470 g/mol. The molecule has 0 aliphatic heterocycles. The molecule has 0 atom stereocenters. The predicted molar refractivity (Wildman–Crippen MR) is 132 cm³/mol. The average molecular weight is 471 g/mol. The van der Waals surface area contributed by atoms with Crippen LogP contribution in [0.15, 0.2) is 32.7 Å². The summed E-state index contributed by atoms with van der Waals surface area (Å²) in [7, 11) is 0. The summed E-state index contributed by atoms with van der Waals surface area (Å²) in [5.41, 5.74) is 0.281. The van der Waals surface area contributed by atoms with Crippen molar-refractivity contribution in [1.29, 1.82) is 0 Å². The zero-order valence-corrected chi connectivity index (χ0v) is 20.2. The number of carbonyl (C=O) groups is 1. The maximum absolute atomic E-state index is 12.7. The van der Waals surface area contributed by atoms with Crippen LogP contribution in [-0.4, -0.2) is 29.6 Å². The molecule has 0 unspecified atom stereocenters. The number of nitrogens with zero attached hydrogens (tertiary/aromatic N) is 4. The van der Waals surface area contributed by atoms with E-state index in [0.29, 0.717) is 48.7 Å². The second-order valence-electron chi connectivity index (χ2n) is 8.41. The van der Waals surface area contributed by atoms with Gasteiger partial charge < -0.3 is 14.5 Å².